The maximum absolute atomic E-state index is 14.6. The van der Waals surface area contributed by atoms with E-state index in [2.05, 4.69) is 0 Å². The molecule has 0 saturated carbocycles. The van der Waals surface area contributed by atoms with Crippen molar-refractivity contribution in [1.82, 2.24) is 0 Å². The quantitative estimate of drug-likeness (QED) is 0.145. The van der Waals surface area contributed by atoms with E-state index in [0.29, 0.717) is 5.56 Å². The van der Waals surface area contributed by atoms with Crippen LogP contribution in [-0.4, -0.2) is 6.18 Å². The molecular weight excluding hydrogens is 500 g/mol. The largest absolute Gasteiger partial charge is 0.458 e. The van der Waals surface area contributed by atoms with Crippen LogP contribution in [0.1, 0.15) is 27.8 Å². The average molecular weight is 514 g/mol. The summed E-state index contributed by atoms with van der Waals surface area (Å²) in [5, 5.41) is -0.155. The Morgan fingerprint density at radius 1 is 0.622 bits per heavy atom. The molecule has 4 aromatic carbocycles. The van der Waals surface area contributed by atoms with Gasteiger partial charge in [0.25, 0.3) is 0 Å². The minimum atomic E-state index is -4.92. The second-order valence-electron chi connectivity index (χ2n) is 7.86. The summed E-state index contributed by atoms with van der Waals surface area (Å²) in [6.45, 7) is 0. The number of alkyl halides is 3. The Morgan fingerprint density at radius 3 is 1.97 bits per heavy atom. The molecule has 0 N–H and O–H groups in total. The van der Waals surface area contributed by atoms with Gasteiger partial charge >= 0.3 is 6.18 Å². The van der Waals surface area contributed by atoms with Gasteiger partial charge in [0, 0.05) is 22.4 Å². The molecule has 0 fully saturated rings. The third-order valence-electron chi connectivity index (χ3n) is 5.29. The smallest absolute Gasteiger partial charge is 0.206 e. The van der Waals surface area contributed by atoms with Gasteiger partial charge in [0.2, 0.25) is 0 Å². The van der Waals surface area contributed by atoms with E-state index >= 15 is 0 Å². The van der Waals surface area contributed by atoms with Gasteiger partial charge in [0.1, 0.15) is 29.1 Å². The molecule has 0 aromatic heterocycles. The first-order valence-corrected chi connectivity index (χ1v) is 10.6. The molecule has 0 unspecified atom stereocenters. The Balaban J connectivity index is 1.61. The molecule has 0 amide bonds. The van der Waals surface area contributed by atoms with Crippen molar-refractivity contribution >= 4 is 35.1 Å². The monoisotopic (exact) mass is 514 g/mol. The van der Waals surface area contributed by atoms with Crippen LogP contribution < -0.4 is 0 Å². The fraction of sp³-hybridized carbons (Fsp3) is 0.0345. The molecule has 0 heterocycles. The summed E-state index contributed by atoms with van der Waals surface area (Å²) in [4.78, 5) is 0. The Morgan fingerprint density at radius 2 is 1.30 bits per heavy atom. The molecular formula is C29H14F8. The molecule has 0 bridgehead atoms. The highest BCUT2D eigenvalue weighted by molar-refractivity contribution is 5.88. The lowest BCUT2D eigenvalue weighted by molar-refractivity contribution is -0.0696. The summed E-state index contributed by atoms with van der Waals surface area (Å²) in [5.74, 6) is -2.50. The summed E-state index contributed by atoms with van der Waals surface area (Å²) in [7, 11) is 0. The summed E-state index contributed by atoms with van der Waals surface area (Å²) in [6.07, 6.45) is 0.265. The second-order valence-corrected chi connectivity index (χ2v) is 7.86. The second kappa shape index (κ2) is 10.3. The highest BCUT2D eigenvalue weighted by Gasteiger charge is 2.24. The number of fused-ring (bicyclic) bond motifs is 1. The zero-order valence-corrected chi connectivity index (χ0v) is 18.6. The minimum Gasteiger partial charge on any atom is -0.206 e. The maximum atomic E-state index is 14.6. The van der Waals surface area contributed by atoms with Crippen LogP contribution in [0, 0.1) is 40.9 Å². The fourth-order valence-corrected chi connectivity index (χ4v) is 3.54. The van der Waals surface area contributed by atoms with Crippen LogP contribution in [0.2, 0.25) is 0 Å². The molecule has 0 atom stereocenters. The number of hydrogen-bond acceptors (Lipinski definition) is 0. The van der Waals surface area contributed by atoms with Crippen molar-refractivity contribution in [2.75, 3.05) is 0 Å². The normalized spacial score (nSPS) is 11.9. The van der Waals surface area contributed by atoms with Crippen molar-refractivity contribution in [3.63, 3.8) is 0 Å². The van der Waals surface area contributed by atoms with Gasteiger partial charge in [-0.15, -0.1) is 0 Å². The Hall–Kier alpha value is -4.38. The topological polar surface area (TPSA) is 0 Å². The lowest BCUT2D eigenvalue weighted by Gasteiger charge is -2.06. The van der Waals surface area contributed by atoms with E-state index in [1.807, 2.05) is 0 Å². The lowest BCUT2D eigenvalue weighted by Crippen LogP contribution is -2.02. The third kappa shape index (κ3) is 6.07. The molecule has 0 aliphatic carbocycles. The molecule has 4 rings (SSSR count). The van der Waals surface area contributed by atoms with Crippen molar-refractivity contribution in [1.29, 1.82) is 0 Å². The summed E-state index contributed by atoms with van der Waals surface area (Å²) in [5.41, 5.74) is -0.658. The fourth-order valence-electron chi connectivity index (χ4n) is 3.54. The Labute approximate surface area is 206 Å². The van der Waals surface area contributed by atoms with E-state index in [1.54, 1.807) is 6.07 Å². The van der Waals surface area contributed by atoms with Crippen LogP contribution >= 0.6 is 0 Å². The minimum absolute atomic E-state index is 0.0179. The highest BCUT2D eigenvalue weighted by Crippen LogP contribution is 2.27. The summed E-state index contributed by atoms with van der Waals surface area (Å²) >= 11 is 0. The molecule has 0 nitrogen and oxygen atoms in total. The predicted molar refractivity (Wildman–Crippen MR) is 127 cm³/mol. The zero-order valence-electron chi connectivity index (χ0n) is 18.6. The SMILES string of the molecule is Fc1ccccc1/C=C/c1cc(F)c(/C=C/c2ccc3c(F)c(C#CC(F)(F)F)c(F)cc3c2)c(F)c1. The number of benzene rings is 4. The zero-order chi connectivity index (χ0) is 26.7. The Kier molecular flexibility index (Phi) is 7.16. The van der Waals surface area contributed by atoms with E-state index < -0.39 is 40.8 Å². The van der Waals surface area contributed by atoms with Crippen LogP contribution in [0.5, 0.6) is 0 Å². The standard InChI is InChI=1S/C29H14F8/c30-24-4-2-1-3-19(24)8-5-18-14-25(31)22(26(32)15-18)10-7-17-6-9-21-20(13-17)16-27(33)23(28(21)34)11-12-29(35,36)37/h1-10,13-16H/b8-5+,10-7+. The van der Waals surface area contributed by atoms with Crippen molar-refractivity contribution in [2.24, 2.45) is 0 Å². The van der Waals surface area contributed by atoms with Gasteiger partial charge in [-0.25, -0.2) is 22.0 Å². The predicted octanol–water partition coefficient (Wildman–Crippen LogP) is 8.79. The van der Waals surface area contributed by atoms with E-state index in [9.17, 15) is 35.1 Å². The first kappa shape index (κ1) is 25.7. The van der Waals surface area contributed by atoms with E-state index in [0.717, 1.165) is 30.2 Å². The number of hydrogen-bond donors (Lipinski definition) is 0. The highest BCUT2D eigenvalue weighted by atomic mass is 19.4. The molecule has 186 valence electrons. The van der Waals surface area contributed by atoms with Crippen LogP contribution in [0.25, 0.3) is 35.1 Å². The third-order valence-corrected chi connectivity index (χ3v) is 5.29. The molecule has 0 aliphatic heterocycles. The average Bonchev–Trinajstić information content (AvgIpc) is 2.82. The lowest BCUT2D eigenvalue weighted by atomic mass is 10.0. The first-order valence-electron chi connectivity index (χ1n) is 10.6. The van der Waals surface area contributed by atoms with Gasteiger partial charge in [0.05, 0.1) is 5.56 Å². The molecule has 37 heavy (non-hydrogen) atoms. The van der Waals surface area contributed by atoms with Crippen LogP contribution in [0.3, 0.4) is 0 Å². The molecule has 4 aromatic rings. The van der Waals surface area contributed by atoms with Gasteiger partial charge < -0.3 is 0 Å². The molecule has 0 aliphatic rings. The van der Waals surface area contributed by atoms with Gasteiger partial charge in [0.15, 0.2) is 0 Å². The van der Waals surface area contributed by atoms with Crippen molar-refractivity contribution in [3.8, 4) is 11.8 Å². The molecule has 0 saturated heterocycles. The number of rotatable bonds is 4. The summed E-state index contributed by atoms with van der Waals surface area (Å²) in [6, 6.07) is 12.7. The van der Waals surface area contributed by atoms with Crippen molar-refractivity contribution < 1.29 is 35.1 Å². The van der Waals surface area contributed by atoms with Gasteiger partial charge in [-0.05, 0) is 52.9 Å². The van der Waals surface area contributed by atoms with Crippen molar-refractivity contribution in [2.45, 2.75) is 6.18 Å². The molecule has 0 spiro atoms. The number of halogens is 8. The maximum Gasteiger partial charge on any atom is 0.458 e. The molecule has 8 heteroatoms. The first-order chi connectivity index (χ1) is 17.5. The van der Waals surface area contributed by atoms with Gasteiger partial charge in [-0.3, -0.25) is 0 Å². The van der Waals surface area contributed by atoms with Crippen LogP contribution in [0.4, 0.5) is 35.1 Å². The van der Waals surface area contributed by atoms with E-state index in [1.165, 1.54) is 60.5 Å². The van der Waals surface area contributed by atoms with Crippen LogP contribution in [0.15, 0.2) is 60.7 Å². The Bertz CT molecular complexity index is 1590. The summed E-state index contributed by atoms with van der Waals surface area (Å²) < 4.78 is 109. The van der Waals surface area contributed by atoms with E-state index in [-0.39, 0.29) is 27.5 Å². The van der Waals surface area contributed by atoms with E-state index in [4.69, 9.17) is 0 Å². The molecule has 0 radical (unpaired) electrons. The van der Waals surface area contributed by atoms with Gasteiger partial charge in [-0.2, -0.15) is 13.2 Å². The van der Waals surface area contributed by atoms with Crippen molar-refractivity contribution in [3.05, 3.63) is 118 Å². The van der Waals surface area contributed by atoms with Gasteiger partial charge in [-0.1, -0.05) is 54.5 Å². The van der Waals surface area contributed by atoms with Crippen LogP contribution in [-0.2, 0) is 0 Å².